The highest BCUT2D eigenvalue weighted by molar-refractivity contribution is 5.70. The van der Waals surface area contributed by atoms with Gasteiger partial charge in [0.1, 0.15) is 0 Å². The fourth-order valence-electron chi connectivity index (χ4n) is 1.10. The summed E-state index contributed by atoms with van der Waals surface area (Å²) < 4.78 is 4.86. The number of rotatable bonds is 5. The van der Waals surface area contributed by atoms with Crippen LogP contribution in [0.3, 0.4) is 0 Å². The second-order valence-corrected chi connectivity index (χ2v) is 3.03. The van der Waals surface area contributed by atoms with Crippen LogP contribution in [-0.2, 0) is 9.53 Å². The van der Waals surface area contributed by atoms with Gasteiger partial charge < -0.3 is 9.64 Å². The maximum Gasteiger partial charge on any atom is 0.307 e. The van der Waals surface area contributed by atoms with E-state index in [1.807, 2.05) is 21.0 Å². The molecule has 1 unspecified atom stereocenters. The van der Waals surface area contributed by atoms with E-state index < -0.39 is 0 Å². The summed E-state index contributed by atoms with van der Waals surface area (Å²) in [7, 11) is 3.96. The lowest BCUT2D eigenvalue weighted by atomic mass is 10.1. The maximum atomic E-state index is 11.1. The van der Waals surface area contributed by atoms with E-state index in [1.165, 1.54) is 0 Å². The van der Waals surface area contributed by atoms with Crippen LogP contribution >= 0.6 is 0 Å². The lowest BCUT2D eigenvalue weighted by Gasteiger charge is -2.21. The Balaban J connectivity index is 3.77. The van der Waals surface area contributed by atoms with E-state index >= 15 is 0 Å². The normalized spacial score (nSPS) is 13.1. The zero-order valence-electron chi connectivity index (χ0n) is 8.46. The molecule has 0 saturated heterocycles. The summed E-state index contributed by atoms with van der Waals surface area (Å²) in [6.07, 6.45) is 1.48. The average molecular weight is 173 g/mol. The van der Waals surface area contributed by atoms with Crippen molar-refractivity contribution in [3.05, 3.63) is 0 Å². The van der Waals surface area contributed by atoms with Gasteiger partial charge in [0.25, 0.3) is 0 Å². The molecule has 3 nitrogen and oxygen atoms in total. The van der Waals surface area contributed by atoms with Crippen LogP contribution < -0.4 is 0 Å². The molecule has 0 bridgehead atoms. The van der Waals surface area contributed by atoms with Crippen molar-refractivity contribution in [3.63, 3.8) is 0 Å². The Kier molecular flexibility index (Phi) is 5.72. The van der Waals surface area contributed by atoms with Crippen LogP contribution in [0.2, 0.25) is 0 Å². The first kappa shape index (κ1) is 11.4. The van der Waals surface area contributed by atoms with Crippen LogP contribution in [0.15, 0.2) is 0 Å². The van der Waals surface area contributed by atoms with Gasteiger partial charge in [-0.15, -0.1) is 0 Å². The molecule has 0 rings (SSSR count). The van der Waals surface area contributed by atoms with E-state index in [9.17, 15) is 4.79 Å². The van der Waals surface area contributed by atoms with E-state index in [0.29, 0.717) is 19.1 Å². The molecule has 0 spiro atoms. The molecule has 0 aliphatic heterocycles. The predicted octanol–water partition coefficient (Wildman–Crippen LogP) is 1.28. The summed E-state index contributed by atoms with van der Waals surface area (Å²) in [5.41, 5.74) is 0. The molecule has 0 heterocycles. The highest BCUT2D eigenvalue weighted by Crippen LogP contribution is 2.05. The molecule has 0 saturated carbocycles. The Labute approximate surface area is 74.7 Å². The summed E-state index contributed by atoms with van der Waals surface area (Å²) in [6, 6.07) is 0.309. The number of ether oxygens (including phenoxy) is 1. The van der Waals surface area contributed by atoms with Gasteiger partial charge in [0, 0.05) is 6.04 Å². The third-order valence-corrected chi connectivity index (χ3v) is 1.91. The fourth-order valence-corrected chi connectivity index (χ4v) is 1.10. The van der Waals surface area contributed by atoms with E-state index in [4.69, 9.17) is 4.74 Å². The monoisotopic (exact) mass is 173 g/mol. The Morgan fingerprint density at radius 2 is 2.00 bits per heavy atom. The van der Waals surface area contributed by atoms with E-state index in [0.717, 1.165) is 6.42 Å². The Hall–Kier alpha value is -0.570. The molecule has 3 heteroatoms. The maximum absolute atomic E-state index is 11.1. The highest BCUT2D eigenvalue weighted by atomic mass is 16.5. The predicted molar refractivity (Wildman–Crippen MR) is 49.0 cm³/mol. The van der Waals surface area contributed by atoms with Crippen molar-refractivity contribution in [1.82, 2.24) is 4.90 Å². The van der Waals surface area contributed by atoms with Gasteiger partial charge in [-0.05, 0) is 27.4 Å². The van der Waals surface area contributed by atoms with Gasteiger partial charge in [0.2, 0.25) is 0 Å². The fraction of sp³-hybridized carbons (Fsp3) is 0.889. The van der Waals surface area contributed by atoms with Crippen molar-refractivity contribution < 1.29 is 9.53 Å². The molecule has 1 atom stereocenters. The van der Waals surface area contributed by atoms with Crippen molar-refractivity contribution in [3.8, 4) is 0 Å². The molecule has 0 aliphatic rings. The first-order valence-corrected chi connectivity index (χ1v) is 4.43. The zero-order chi connectivity index (χ0) is 9.56. The average Bonchev–Trinajstić information content (AvgIpc) is 2.00. The number of nitrogens with zero attached hydrogens (tertiary/aromatic N) is 1. The molecule has 72 valence electrons. The Morgan fingerprint density at radius 3 is 2.33 bits per heavy atom. The second-order valence-electron chi connectivity index (χ2n) is 3.03. The molecule has 0 aliphatic carbocycles. The molecule has 0 aromatic carbocycles. The summed E-state index contributed by atoms with van der Waals surface area (Å²) >= 11 is 0. The van der Waals surface area contributed by atoms with Crippen molar-refractivity contribution in [2.75, 3.05) is 20.7 Å². The lowest BCUT2D eigenvalue weighted by Crippen LogP contribution is -2.30. The first-order valence-electron chi connectivity index (χ1n) is 4.43. The topological polar surface area (TPSA) is 29.5 Å². The third-order valence-electron chi connectivity index (χ3n) is 1.91. The van der Waals surface area contributed by atoms with Gasteiger partial charge in [-0.3, -0.25) is 4.79 Å². The third kappa shape index (κ3) is 4.34. The first-order chi connectivity index (χ1) is 5.61. The smallest absolute Gasteiger partial charge is 0.307 e. The van der Waals surface area contributed by atoms with E-state index in [1.54, 1.807) is 0 Å². The lowest BCUT2D eigenvalue weighted by molar-refractivity contribution is -0.144. The van der Waals surface area contributed by atoms with Crippen molar-refractivity contribution >= 4 is 5.97 Å². The van der Waals surface area contributed by atoms with Gasteiger partial charge in [-0.1, -0.05) is 6.92 Å². The largest absolute Gasteiger partial charge is 0.466 e. The Bertz CT molecular complexity index is 134. The number of hydrogen-bond acceptors (Lipinski definition) is 3. The molecule has 12 heavy (non-hydrogen) atoms. The van der Waals surface area contributed by atoms with Crippen LogP contribution in [0.4, 0.5) is 0 Å². The number of carbonyl (C=O) groups excluding carboxylic acids is 1. The van der Waals surface area contributed by atoms with Crippen LogP contribution in [0, 0.1) is 0 Å². The summed E-state index contributed by atoms with van der Waals surface area (Å²) in [4.78, 5) is 13.1. The van der Waals surface area contributed by atoms with Crippen LogP contribution in [0.25, 0.3) is 0 Å². The minimum absolute atomic E-state index is 0.0990. The SMILES string of the molecule is CCOC(=O)CC(CC)N(C)C. The molecule has 0 N–H and O–H groups in total. The van der Waals surface area contributed by atoms with E-state index in [2.05, 4.69) is 11.8 Å². The minimum Gasteiger partial charge on any atom is -0.466 e. The molecule has 0 fully saturated rings. The number of esters is 1. The minimum atomic E-state index is -0.0990. The quantitative estimate of drug-likeness (QED) is 0.586. The Morgan fingerprint density at radius 1 is 1.42 bits per heavy atom. The summed E-state index contributed by atoms with van der Waals surface area (Å²) in [5.74, 6) is -0.0990. The van der Waals surface area contributed by atoms with Crippen LogP contribution in [0.5, 0.6) is 0 Å². The van der Waals surface area contributed by atoms with Crippen LogP contribution in [-0.4, -0.2) is 37.6 Å². The molecule has 0 aromatic rings. The second kappa shape index (κ2) is 6.00. The van der Waals surface area contributed by atoms with Gasteiger partial charge in [0.05, 0.1) is 13.0 Å². The molecule has 0 radical (unpaired) electrons. The summed E-state index contributed by atoms with van der Waals surface area (Å²) in [5, 5.41) is 0. The molecular formula is C9H19NO2. The van der Waals surface area contributed by atoms with Gasteiger partial charge in [-0.25, -0.2) is 0 Å². The van der Waals surface area contributed by atoms with Crippen molar-refractivity contribution in [2.24, 2.45) is 0 Å². The number of hydrogen-bond donors (Lipinski definition) is 0. The van der Waals surface area contributed by atoms with Crippen LogP contribution in [0.1, 0.15) is 26.7 Å². The van der Waals surface area contributed by atoms with Gasteiger partial charge >= 0.3 is 5.97 Å². The number of carbonyl (C=O) groups is 1. The summed E-state index contributed by atoms with van der Waals surface area (Å²) in [6.45, 7) is 4.38. The molecule has 0 amide bonds. The van der Waals surface area contributed by atoms with Crippen molar-refractivity contribution in [2.45, 2.75) is 32.7 Å². The standard InChI is InChI=1S/C9H19NO2/c1-5-8(10(3)4)7-9(11)12-6-2/h8H,5-7H2,1-4H3. The van der Waals surface area contributed by atoms with E-state index in [-0.39, 0.29) is 5.97 Å². The molecule has 0 aromatic heterocycles. The van der Waals surface area contributed by atoms with Gasteiger partial charge in [-0.2, -0.15) is 0 Å². The molecular weight excluding hydrogens is 154 g/mol. The zero-order valence-corrected chi connectivity index (χ0v) is 8.46. The highest BCUT2D eigenvalue weighted by Gasteiger charge is 2.14. The van der Waals surface area contributed by atoms with Crippen molar-refractivity contribution in [1.29, 1.82) is 0 Å². The van der Waals surface area contributed by atoms with Gasteiger partial charge in [0.15, 0.2) is 0 Å².